The molecule has 1 amide bonds. The van der Waals surface area contributed by atoms with E-state index in [2.05, 4.69) is 6.92 Å². The molecule has 1 aliphatic rings. The lowest BCUT2D eigenvalue weighted by molar-refractivity contribution is -0.134. The number of ketones is 1. The van der Waals surface area contributed by atoms with E-state index in [-0.39, 0.29) is 5.91 Å². The number of piperidine rings is 1. The minimum absolute atomic E-state index is 0.250. The predicted molar refractivity (Wildman–Crippen MR) is 82.7 cm³/mol. The molecule has 0 N–H and O–H groups in total. The Bertz CT molecular complexity index is 279. The van der Waals surface area contributed by atoms with E-state index < -0.39 is 0 Å². The molecule has 0 aromatic rings. The summed E-state index contributed by atoms with van der Waals surface area (Å²) in [6, 6.07) is 0. The highest BCUT2D eigenvalue weighted by molar-refractivity contribution is 5.83. The standard InChI is InChI=1S/C17H31NO2/c1-2-3-4-5-6-7-8-9-10-11-17(20)18-14-12-16(19)13-15-18/h2-15H2,1H3. The van der Waals surface area contributed by atoms with Gasteiger partial charge in [0.15, 0.2) is 0 Å². The highest BCUT2D eigenvalue weighted by Crippen LogP contribution is 2.12. The molecular formula is C17H31NO2. The maximum atomic E-state index is 11.9. The number of unbranched alkanes of at least 4 members (excludes halogenated alkanes) is 8. The fourth-order valence-corrected chi connectivity index (χ4v) is 2.75. The molecule has 0 aromatic carbocycles. The van der Waals surface area contributed by atoms with Gasteiger partial charge in [-0.3, -0.25) is 9.59 Å². The average molecular weight is 281 g/mol. The SMILES string of the molecule is CCCCCCCCCCCC(=O)N1CCC(=O)CC1. The van der Waals surface area contributed by atoms with Gasteiger partial charge in [-0.1, -0.05) is 58.3 Å². The van der Waals surface area contributed by atoms with Gasteiger partial charge < -0.3 is 4.90 Å². The lowest BCUT2D eigenvalue weighted by Gasteiger charge is -2.26. The topological polar surface area (TPSA) is 37.4 Å². The molecule has 1 aliphatic heterocycles. The molecule has 116 valence electrons. The molecule has 20 heavy (non-hydrogen) atoms. The number of rotatable bonds is 10. The summed E-state index contributed by atoms with van der Waals surface area (Å²) in [6.07, 6.45) is 13.3. The van der Waals surface area contributed by atoms with E-state index in [0.717, 1.165) is 6.42 Å². The van der Waals surface area contributed by atoms with E-state index in [1.807, 2.05) is 4.90 Å². The molecule has 1 fully saturated rings. The molecule has 3 heteroatoms. The van der Waals surface area contributed by atoms with Gasteiger partial charge in [0, 0.05) is 32.4 Å². The van der Waals surface area contributed by atoms with Crippen molar-refractivity contribution in [2.75, 3.05) is 13.1 Å². The first-order chi connectivity index (χ1) is 9.74. The monoisotopic (exact) mass is 281 g/mol. The molecule has 0 unspecified atom stereocenters. The Morgan fingerprint density at radius 2 is 1.40 bits per heavy atom. The second kappa shape index (κ2) is 10.9. The van der Waals surface area contributed by atoms with Crippen LogP contribution in [-0.4, -0.2) is 29.7 Å². The third-order valence-electron chi connectivity index (χ3n) is 4.17. The van der Waals surface area contributed by atoms with E-state index >= 15 is 0 Å². The van der Waals surface area contributed by atoms with Crippen molar-refractivity contribution in [3.05, 3.63) is 0 Å². The number of hydrogen-bond acceptors (Lipinski definition) is 2. The summed E-state index contributed by atoms with van der Waals surface area (Å²) in [5, 5.41) is 0. The Kier molecular flexibility index (Phi) is 9.35. The summed E-state index contributed by atoms with van der Waals surface area (Å²) in [7, 11) is 0. The molecule has 1 rings (SSSR count). The minimum Gasteiger partial charge on any atom is -0.342 e. The Hall–Kier alpha value is -0.860. The number of likely N-dealkylation sites (tertiary alicyclic amines) is 1. The molecule has 0 saturated carbocycles. The third kappa shape index (κ3) is 7.66. The highest BCUT2D eigenvalue weighted by Gasteiger charge is 2.19. The maximum absolute atomic E-state index is 11.9. The van der Waals surface area contributed by atoms with Crippen molar-refractivity contribution < 1.29 is 9.59 Å². The van der Waals surface area contributed by atoms with Crippen LogP contribution in [-0.2, 0) is 9.59 Å². The second-order valence-electron chi connectivity index (χ2n) is 6.00. The fourth-order valence-electron chi connectivity index (χ4n) is 2.75. The zero-order valence-electron chi connectivity index (χ0n) is 13.2. The molecule has 0 spiro atoms. The zero-order valence-corrected chi connectivity index (χ0v) is 13.2. The van der Waals surface area contributed by atoms with Crippen molar-refractivity contribution in [2.24, 2.45) is 0 Å². The lowest BCUT2D eigenvalue weighted by atomic mass is 10.1. The van der Waals surface area contributed by atoms with Gasteiger partial charge in [-0.15, -0.1) is 0 Å². The second-order valence-corrected chi connectivity index (χ2v) is 6.00. The van der Waals surface area contributed by atoms with Gasteiger partial charge in [0.05, 0.1) is 0 Å². The van der Waals surface area contributed by atoms with Crippen LogP contribution in [0.5, 0.6) is 0 Å². The Balaban J connectivity index is 1.90. The van der Waals surface area contributed by atoms with E-state index in [1.165, 1.54) is 51.4 Å². The first-order valence-electron chi connectivity index (χ1n) is 8.53. The summed E-state index contributed by atoms with van der Waals surface area (Å²) in [4.78, 5) is 24.9. The summed E-state index contributed by atoms with van der Waals surface area (Å²) in [5.41, 5.74) is 0. The highest BCUT2D eigenvalue weighted by atomic mass is 16.2. The molecular weight excluding hydrogens is 250 g/mol. The van der Waals surface area contributed by atoms with Crippen molar-refractivity contribution >= 4 is 11.7 Å². The number of amides is 1. The Morgan fingerprint density at radius 3 is 1.95 bits per heavy atom. The minimum atomic E-state index is 0.250. The zero-order chi connectivity index (χ0) is 14.6. The van der Waals surface area contributed by atoms with Gasteiger partial charge >= 0.3 is 0 Å². The van der Waals surface area contributed by atoms with Crippen molar-refractivity contribution in [1.82, 2.24) is 4.90 Å². The normalized spacial score (nSPS) is 15.7. The van der Waals surface area contributed by atoms with Crippen LogP contribution in [0, 0.1) is 0 Å². The first-order valence-corrected chi connectivity index (χ1v) is 8.53. The number of carbonyl (C=O) groups is 2. The quantitative estimate of drug-likeness (QED) is 0.565. The summed E-state index contributed by atoms with van der Waals surface area (Å²) >= 11 is 0. The summed E-state index contributed by atoms with van der Waals surface area (Å²) in [5.74, 6) is 0.553. The maximum Gasteiger partial charge on any atom is 0.222 e. The molecule has 0 aliphatic carbocycles. The van der Waals surface area contributed by atoms with Gasteiger partial charge in [0.25, 0.3) is 0 Å². The van der Waals surface area contributed by atoms with Crippen LogP contribution in [0.15, 0.2) is 0 Å². The third-order valence-corrected chi connectivity index (χ3v) is 4.17. The summed E-state index contributed by atoms with van der Waals surface area (Å²) in [6.45, 7) is 3.54. The van der Waals surface area contributed by atoms with Gasteiger partial charge in [-0.2, -0.15) is 0 Å². The van der Waals surface area contributed by atoms with Crippen LogP contribution in [0.4, 0.5) is 0 Å². The predicted octanol–water partition coefficient (Wildman–Crippen LogP) is 4.10. The Morgan fingerprint density at radius 1 is 0.900 bits per heavy atom. The van der Waals surface area contributed by atoms with Crippen molar-refractivity contribution in [2.45, 2.75) is 84.0 Å². The van der Waals surface area contributed by atoms with Crippen LogP contribution < -0.4 is 0 Å². The lowest BCUT2D eigenvalue weighted by Crippen LogP contribution is -2.38. The van der Waals surface area contributed by atoms with Crippen molar-refractivity contribution in [3.63, 3.8) is 0 Å². The molecule has 0 atom stereocenters. The van der Waals surface area contributed by atoms with Gasteiger partial charge in [-0.25, -0.2) is 0 Å². The molecule has 0 aromatic heterocycles. The van der Waals surface area contributed by atoms with Crippen LogP contribution >= 0.6 is 0 Å². The number of Topliss-reactive ketones (excluding diaryl/α,β-unsaturated/α-hetero) is 1. The Labute approximate surface area is 124 Å². The van der Waals surface area contributed by atoms with Crippen molar-refractivity contribution in [1.29, 1.82) is 0 Å². The van der Waals surface area contributed by atoms with Crippen LogP contribution in [0.1, 0.15) is 84.0 Å². The van der Waals surface area contributed by atoms with Gasteiger partial charge in [0.2, 0.25) is 5.91 Å². The molecule has 1 heterocycles. The van der Waals surface area contributed by atoms with Crippen LogP contribution in [0.2, 0.25) is 0 Å². The molecule has 0 radical (unpaired) electrons. The number of carbonyl (C=O) groups excluding carboxylic acids is 2. The van der Waals surface area contributed by atoms with E-state index in [1.54, 1.807) is 0 Å². The van der Waals surface area contributed by atoms with Gasteiger partial charge in [-0.05, 0) is 6.42 Å². The van der Waals surface area contributed by atoms with Crippen LogP contribution in [0.25, 0.3) is 0 Å². The summed E-state index contributed by atoms with van der Waals surface area (Å²) < 4.78 is 0. The average Bonchev–Trinajstić information content (AvgIpc) is 2.46. The van der Waals surface area contributed by atoms with Crippen molar-refractivity contribution in [3.8, 4) is 0 Å². The number of hydrogen-bond donors (Lipinski definition) is 0. The molecule has 0 bridgehead atoms. The first kappa shape index (κ1) is 17.2. The largest absolute Gasteiger partial charge is 0.342 e. The van der Waals surface area contributed by atoms with Gasteiger partial charge in [0.1, 0.15) is 5.78 Å². The number of nitrogens with zero attached hydrogens (tertiary/aromatic N) is 1. The smallest absolute Gasteiger partial charge is 0.222 e. The van der Waals surface area contributed by atoms with Crippen LogP contribution in [0.3, 0.4) is 0 Å². The van der Waals surface area contributed by atoms with E-state index in [9.17, 15) is 9.59 Å². The van der Waals surface area contributed by atoms with E-state index in [0.29, 0.717) is 38.1 Å². The molecule has 3 nitrogen and oxygen atoms in total. The fraction of sp³-hybridized carbons (Fsp3) is 0.882. The molecule has 1 saturated heterocycles. The van der Waals surface area contributed by atoms with E-state index in [4.69, 9.17) is 0 Å².